The van der Waals surface area contributed by atoms with Gasteiger partial charge in [-0.15, -0.1) is 17.6 Å². The molecule has 0 heterocycles. The summed E-state index contributed by atoms with van der Waals surface area (Å²) in [5, 5.41) is 29.7. The van der Waals surface area contributed by atoms with Gasteiger partial charge < -0.3 is 0 Å². The molecule has 16 heteroatoms. The third-order valence-corrected chi connectivity index (χ3v) is 1.66. The molecule has 0 bridgehead atoms. The van der Waals surface area contributed by atoms with Gasteiger partial charge in [0.2, 0.25) is 6.61 Å². The Labute approximate surface area is 109 Å². The molecule has 0 saturated heterocycles. The van der Waals surface area contributed by atoms with E-state index in [0.29, 0.717) is 0 Å². The summed E-state index contributed by atoms with van der Waals surface area (Å²) in [5.41, 5.74) is 0. The smallest absolute Gasteiger partial charge is 0.281 e. The van der Waals surface area contributed by atoms with Gasteiger partial charge in [0.25, 0.3) is 0 Å². The first-order valence-electron chi connectivity index (χ1n) is 4.40. The molecule has 0 aromatic heterocycles. The van der Waals surface area contributed by atoms with Gasteiger partial charge in [-0.05, 0) is 0 Å². The molecule has 0 rings (SSSR count). The molecule has 0 atom stereocenters. The maximum Gasteiger partial charge on any atom is 0.638 e. The van der Waals surface area contributed by atoms with Gasteiger partial charge >= 0.3 is 18.3 Å². The lowest BCUT2D eigenvalue weighted by molar-refractivity contribution is -0.835. The fourth-order valence-corrected chi connectivity index (χ4v) is 0.613. The number of halogens is 5. The predicted molar refractivity (Wildman–Crippen MR) is 46.6 cm³/mol. The van der Waals surface area contributed by atoms with Gasteiger partial charge in [-0.3, -0.25) is 39.8 Å². The van der Waals surface area contributed by atoms with Crippen LogP contribution < -0.4 is 0 Å². The SMILES string of the molecule is O=[N+]([O-])C(F)(F)COC(F)(F)OCC(F)([N+](=O)[O-])[N+](=O)[O-]. The van der Waals surface area contributed by atoms with Gasteiger partial charge in [0, 0.05) is 0 Å². The number of nitrogens with zero attached hydrogens (tertiary/aromatic N) is 3. The number of ether oxygens (including phenoxy) is 2. The predicted octanol–water partition coefficient (Wildman–Crippen LogP) is 0.616. The van der Waals surface area contributed by atoms with Crippen LogP contribution in [0.3, 0.4) is 0 Å². The fraction of sp³-hybridized carbons (Fsp3) is 1.00. The van der Waals surface area contributed by atoms with Crippen molar-refractivity contribution in [2.45, 2.75) is 18.3 Å². The summed E-state index contributed by atoms with van der Waals surface area (Å²) in [6, 6.07) is -4.95. The first kappa shape index (κ1) is 18.8. The monoisotopic (exact) mass is 329 g/mol. The molecular weight excluding hydrogens is 325 g/mol. The third-order valence-electron chi connectivity index (χ3n) is 1.66. The molecule has 0 aromatic carbocycles. The topological polar surface area (TPSA) is 148 Å². The number of hydrogen-bond donors (Lipinski definition) is 0. The lowest BCUT2D eigenvalue weighted by atomic mass is 10.5. The van der Waals surface area contributed by atoms with Crippen LogP contribution in [0.15, 0.2) is 0 Å². The molecule has 0 radical (unpaired) electrons. The van der Waals surface area contributed by atoms with Crippen LogP contribution in [0.25, 0.3) is 0 Å². The van der Waals surface area contributed by atoms with Gasteiger partial charge in [0.1, 0.15) is 9.85 Å². The van der Waals surface area contributed by atoms with Crippen molar-refractivity contribution in [3.05, 3.63) is 30.3 Å². The second-order valence-electron chi connectivity index (χ2n) is 3.20. The average Bonchev–Trinajstić information content (AvgIpc) is 2.33. The molecule has 122 valence electrons. The minimum atomic E-state index is -5.16. The Balaban J connectivity index is 4.73. The van der Waals surface area contributed by atoms with Crippen LogP contribution in [0.1, 0.15) is 0 Å². The average molecular weight is 329 g/mol. The molecule has 11 nitrogen and oxygen atoms in total. The zero-order valence-corrected chi connectivity index (χ0v) is 9.41. The van der Waals surface area contributed by atoms with Crippen molar-refractivity contribution >= 4 is 0 Å². The largest absolute Gasteiger partial charge is 0.638 e. The maximum absolute atomic E-state index is 13.0. The Morgan fingerprint density at radius 1 is 0.762 bits per heavy atom. The molecule has 0 N–H and O–H groups in total. The lowest BCUT2D eigenvalue weighted by Gasteiger charge is -2.17. The Hall–Kier alpha value is -2.23. The molecule has 0 aliphatic rings. The highest BCUT2D eigenvalue weighted by Gasteiger charge is 2.61. The van der Waals surface area contributed by atoms with Crippen LogP contribution in [-0.2, 0) is 9.47 Å². The van der Waals surface area contributed by atoms with Crippen LogP contribution in [0, 0.1) is 30.3 Å². The summed E-state index contributed by atoms with van der Waals surface area (Å²) in [6.07, 6.45) is -5.16. The number of nitro groups is 3. The van der Waals surface area contributed by atoms with E-state index in [1.54, 1.807) is 0 Å². The first-order valence-corrected chi connectivity index (χ1v) is 4.40. The minimum Gasteiger partial charge on any atom is -0.281 e. The molecule has 0 aliphatic carbocycles. The highest BCUT2D eigenvalue weighted by Crippen LogP contribution is 2.25. The summed E-state index contributed by atoms with van der Waals surface area (Å²) in [4.78, 5) is 23.0. The second-order valence-corrected chi connectivity index (χ2v) is 3.20. The minimum absolute atomic E-state index is 2.21. The molecule has 0 aromatic rings. The Kier molecular flexibility index (Phi) is 5.40. The molecule has 0 saturated carbocycles. The van der Waals surface area contributed by atoms with Crippen molar-refractivity contribution in [2.24, 2.45) is 0 Å². The molecule has 0 unspecified atom stereocenters. The molecular formula is C5H4F5N3O8. The van der Waals surface area contributed by atoms with Crippen LogP contribution in [0.5, 0.6) is 0 Å². The van der Waals surface area contributed by atoms with Gasteiger partial charge in [0.05, 0.1) is 4.92 Å². The molecule has 0 fully saturated rings. The van der Waals surface area contributed by atoms with Crippen LogP contribution in [-0.4, -0.2) is 46.2 Å². The van der Waals surface area contributed by atoms with Crippen LogP contribution in [0.4, 0.5) is 22.0 Å². The van der Waals surface area contributed by atoms with Gasteiger partial charge in [-0.1, -0.05) is 4.39 Å². The standard InChI is InChI=1S/C5H4F5N3O8/c6-3(7,11(14)15)1-20-5(9,10)21-2-4(8,12(16)17)13(18)19/h1-2H2. The van der Waals surface area contributed by atoms with E-state index < -0.39 is 46.2 Å². The molecule has 0 aliphatic heterocycles. The third kappa shape index (κ3) is 4.99. The number of rotatable bonds is 9. The lowest BCUT2D eigenvalue weighted by Crippen LogP contribution is -2.48. The van der Waals surface area contributed by atoms with Gasteiger partial charge in [0.15, 0.2) is 6.61 Å². The van der Waals surface area contributed by atoms with Crippen molar-refractivity contribution in [1.82, 2.24) is 0 Å². The van der Waals surface area contributed by atoms with E-state index in [2.05, 4.69) is 9.47 Å². The van der Waals surface area contributed by atoms with Crippen molar-refractivity contribution < 1.29 is 46.2 Å². The Bertz CT molecular complexity index is 430. The van der Waals surface area contributed by atoms with E-state index >= 15 is 0 Å². The van der Waals surface area contributed by atoms with E-state index in [4.69, 9.17) is 0 Å². The van der Waals surface area contributed by atoms with Crippen molar-refractivity contribution in [2.75, 3.05) is 13.2 Å². The van der Waals surface area contributed by atoms with E-state index in [-0.39, 0.29) is 0 Å². The zero-order chi connectivity index (χ0) is 17.1. The summed E-state index contributed by atoms with van der Waals surface area (Å²) in [5.74, 6) is -4.68. The van der Waals surface area contributed by atoms with Crippen LogP contribution in [0.2, 0.25) is 0 Å². The van der Waals surface area contributed by atoms with E-state index in [9.17, 15) is 52.3 Å². The normalized spacial score (nSPS) is 13.0. The van der Waals surface area contributed by atoms with E-state index in [1.807, 2.05) is 0 Å². The van der Waals surface area contributed by atoms with E-state index in [0.717, 1.165) is 0 Å². The fourth-order valence-electron chi connectivity index (χ4n) is 0.613. The summed E-state index contributed by atoms with van der Waals surface area (Å²) < 4.78 is 68.9. The van der Waals surface area contributed by atoms with Gasteiger partial charge in [-0.25, -0.2) is 0 Å². The van der Waals surface area contributed by atoms with E-state index in [1.165, 1.54) is 0 Å². The number of hydrogen-bond acceptors (Lipinski definition) is 8. The van der Waals surface area contributed by atoms with Gasteiger partial charge in [-0.2, -0.15) is 0 Å². The Morgan fingerprint density at radius 2 is 1.14 bits per heavy atom. The summed E-state index contributed by atoms with van der Waals surface area (Å²) in [7, 11) is 0. The first-order chi connectivity index (χ1) is 9.24. The van der Waals surface area contributed by atoms with Crippen LogP contribution >= 0.6 is 0 Å². The molecule has 0 spiro atoms. The second kappa shape index (κ2) is 6.04. The molecule has 21 heavy (non-hydrogen) atoms. The number of alkyl halides is 5. The summed E-state index contributed by atoms with van der Waals surface area (Å²) >= 11 is 0. The highest BCUT2D eigenvalue weighted by atomic mass is 19.3. The Morgan fingerprint density at radius 3 is 1.48 bits per heavy atom. The zero-order valence-electron chi connectivity index (χ0n) is 9.41. The molecule has 0 amide bonds. The van der Waals surface area contributed by atoms with Crippen molar-refractivity contribution in [1.29, 1.82) is 0 Å². The van der Waals surface area contributed by atoms with Crippen molar-refractivity contribution in [3.8, 4) is 0 Å². The highest BCUT2D eigenvalue weighted by molar-refractivity contribution is 4.53. The maximum atomic E-state index is 13.0. The van der Waals surface area contributed by atoms with Crippen molar-refractivity contribution in [3.63, 3.8) is 0 Å². The summed E-state index contributed by atoms with van der Waals surface area (Å²) in [6.45, 7) is -5.02. The quantitative estimate of drug-likeness (QED) is 0.196.